The molecule has 0 spiro atoms. The number of esters is 1. The number of nitrogens with zero attached hydrogens (tertiary/aromatic N) is 1. The monoisotopic (exact) mass is 519 g/mol. The highest BCUT2D eigenvalue weighted by atomic mass is 16.6. The first-order valence-corrected chi connectivity index (χ1v) is 12.0. The molecule has 0 radical (unpaired) electrons. The van der Waals surface area contributed by atoms with E-state index in [0.29, 0.717) is 31.8 Å². The van der Waals surface area contributed by atoms with E-state index in [0.717, 1.165) is 24.0 Å². The molecular weight excluding hydrogens is 486 g/mol. The van der Waals surface area contributed by atoms with Gasteiger partial charge in [-0.3, -0.25) is 19.2 Å². The molecule has 1 heterocycles. The zero-order chi connectivity index (χ0) is 27.2. The predicted molar refractivity (Wildman–Crippen MR) is 129 cm³/mol. The molecule has 37 heavy (non-hydrogen) atoms. The Balaban J connectivity index is 1.97. The Bertz CT molecular complexity index is 961. The Kier molecular flexibility index (Phi) is 12.6. The van der Waals surface area contributed by atoms with Gasteiger partial charge in [-0.05, 0) is 31.1 Å². The van der Waals surface area contributed by atoms with Crippen LogP contribution < -0.4 is 0 Å². The Morgan fingerprint density at radius 1 is 1.08 bits per heavy atom. The van der Waals surface area contributed by atoms with Crippen molar-refractivity contribution in [3.8, 4) is 0 Å². The molecular formula is C26H33NO10. The Labute approximate surface area is 215 Å². The van der Waals surface area contributed by atoms with Crippen LogP contribution in [0.2, 0.25) is 0 Å². The molecule has 1 aliphatic heterocycles. The average Bonchev–Trinajstić information content (AvgIpc) is 3.28. The highest BCUT2D eigenvalue weighted by molar-refractivity contribution is 6.04. The van der Waals surface area contributed by atoms with E-state index in [1.807, 2.05) is 0 Å². The molecule has 2 amide bonds. The molecule has 11 heteroatoms. The van der Waals surface area contributed by atoms with Gasteiger partial charge in [0.05, 0.1) is 32.3 Å². The first kappa shape index (κ1) is 29.8. The quantitative estimate of drug-likeness (QED) is 0.195. The summed E-state index contributed by atoms with van der Waals surface area (Å²) in [5, 5.41) is 8.61. The third-order valence-corrected chi connectivity index (χ3v) is 5.46. The molecule has 1 N–H and O–H groups in total. The van der Waals surface area contributed by atoms with Crippen LogP contribution in [0.15, 0.2) is 42.5 Å². The molecule has 3 atom stereocenters. The third kappa shape index (κ3) is 9.52. The summed E-state index contributed by atoms with van der Waals surface area (Å²) in [6.45, 7) is 3.57. The van der Waals surface area contributed by atoms with Crippen molar-refractivity contribution in [2.45, 2.75) is 38.8 Å². The van der Waals surface area contributed by atoms with Crippen LogP contribution in [0.1, 0.15) is 38.3 Å². The van der Waals surface area contributed by atoms with Crippen LogP contribution >= 0.6 is 0 Å². The predicted octanol–water partition coefficient (Wildman–Crippen LogP) is 1.77. The topological polar surface area (TPSA) is 146 Å². The van der Waals surface area contributed by atoms with Crippen molar-refractivity contribution >= 4 is 29.5 Å². The van der Waals surface area contributed by atoms with Crippen LogP contribution in [-0.2, 0) is 38.1 Å². The maximum Gasteiger partial charge on any atom is 0.417 e. The summed E-state index contributed by atoms with van der Waals surface area (Å²) >= 11 is 0. The zero-order valence-electron chi connectivity index (χ0n) is 21.0. The van der Waals surface area contributed by atoms with Crippen molar-refractivity contribution in [1.82, 2.24) is 4.90 Å². The molecule has 0 aliphatic carbocycles. The summed E-state index contributed by atoms with van der Waals surface area (Å²) in [6, 6.07) is 8.13. The van der Waals surface area contributed by atoms with Crippen LogP contribution in [-0.4, -0.2) is 85.3 Å². The normalized spacial score (nSPS) is 16.9. The molecule has 202 valence electrons. The number of hydrogen-bond acceptors (Lipinski definition) is 10. The number of rotatable bonds is 16. The second-order valence-corrected chi connectivity index (χ2v) is 8.28. The number of carbonyl (C=O) groups is 5. The van der Waals surface area contributed by atoms with Gasteiger partial charge in [0.2, 0.25) is 5.91 Å². The lowest BCUT2D eigenvalue weighted by molar-refractivity contribution is -0.158. The van der Waals surface area contributed by atoms with Crippen molar-refractivity contribution in [2.24, 2.45) is 5.92 Å². The van der Waals surface area contributed by atoms with E-state index in [4.69, 9.17) is 24.1 Å². The van der Waals surface area contributed by atoms with Gasteiger partial charge in [0.1, 0.15) is 12.6 Å². The van der Waals surface area contributed by atoms with Gasteiger partial charge >= 0.3 is 12.1 Å². The fourth-order valence-corrected chi connectivity index (χ4v) is 3.61. The van der Waals surface area contributed by atoms with Gasteiger partial charge in [-0.1, -0.05) is 30.3 Å². The van der Waals surface area contributed by atoms with E-state index in [9.17, 15) is 24.0 Å². The summed E-state index contributed by atoms with van der Waals surface area (Å²) in [7, 11) is 0. The minimum Gasteiger partial charge on any atom is -0.453 e. The Morgan fingerprint density at radius 2 is 1.76 bits per heavy atom. The molecule has 0 saturated carbocycles. The first-order valence-electron chi connectivity index (χ1n) is 12.0. The minimum absolute atomic E-state index is 0.0404. The van der Waals surface area contributed by atoms with Crippen molar-refractivity contribution in [3.05, 3.63) is 48.0 Å². The molecule has 0 bridgehead atoms. The van der Waals surface area contributed by atoms with Crippen molar-refractivity contribution in [3.63, 3.8) is 0 Å². The number of ketones is 2. The highest BCUT2D eigenvalue weighted by Crippen LogP contribution is 2.30. The third-order valence-electron chi connectivity index (χ3n) is 5.46. The SMILES string of the molecule is CC(=O)O[C@@H](C(=O)C=CC(=O)CCCOCCOCCO)[C@@H](C)C(=O)N1C(=O)OC[C@H]1c1ccccc1. The smallest absolute Gasteiger partial charge is 0.417 e. The number of carbonyl (C=O) groups excluding carboxylic acids is 5. The highest BCUT2D eigenvalue weighted by Gasteiger charge is 2.44. The Morgan fingerprint density at radius 3 is 2.41 bits per heavy atom. The van der Waals surface area contributed by atoms with Gasteiger partial charge in [0, 0.05) is 20.0 Å². The summed E-state index contributed by atoms with van der Waals surface area (Å²) in [4.78, 5) is 63.1. The van der Waals surface area contributed by atoms with Gasteiger partial charge in [-0.25, -0.2) is 9.69 Å². The van der Waals surface area contributed by atoms with E-state index in [2.05, 4.69) is 0 Å². The van der Waals surface area contributed by atoms with Crippen molar-refractivity contribution < 1.29 is 48.0 Å². The van der Waals surface area contributed by atoms with E-state index in [1.165, 1.54) is 6.92 Å². The van der Waals surface area contributed by atoms with Crippen LogP contribution in [0.25, 0.3) is 0 Å². The number of aliphatic hydroxyl groups is 1. The van der Waals surface area contributed by atoms with Gasteiger partial charge in [0.25, 0.3) is 0 Å². The van der Waals surface area contributed by atoms with E-state index >= 15 is 0 Å². The number of amides is 2. The number of allylic oxidation sites excluding steroid dienone is 1. The maximum absolute atomic E-state index is 13.2. The molecule has 0 aromatic heterocycles. The number of hydrogen-bond donors (Lipinski definition) is 1. The van der Waals surface area contributed by atoms with Crippen LogP contribution in [0.4, 0.5) is 4.79 Å². The molecule has 1 aromatic carbocycles. The van der Waals surface area contributed by atoms with E-state index < -0.39 is 41.8 Å². The molecule has 1 aromatic rings. The first-order chi connectivity index (χ1) is 17.8. The summed E-state index contributed by atoms with van der Waals surface area (Å²) < 4.78 is 20.5. The molecule has 11 nitrogen and oxygen atoms in total. The summed E-state index contributed by atoms with van der Waals surface area (Å²) in [5.41, 5.74) is 0.677. The largest absolute Gasteiger partial charge is 0.453 e. The number of imide groups is 1. The second kappa shape index (κ2) is 15.6. The van der Waals surface area contributed by atoms with Gasteiger partial charge in [0.15, 0.2) is 17.7 Å². The molecule has 1 fully saturated rings. The lowest BCUT2D eigenvalue weighted by Gasteiger charge is -2.26. The van der Waals surface area contributed by atoms with E-state index in [1.54, 1.807) is 30.3 Å². The lowest BCUT2D eigenvalue weighted by Crippen LogP contribution is -2.45. The lowest BCUT2D eigenvalue weighted by atomic mass is 9.97. The fourth-order valence-electron chi connectivity index (χ4n) is 3.61. The maximum atomic E-state index is 13.2. The minimum atomic E-state index is -1.53. The summed E-state index contributed by atoms with van der Waals surface area (Å²) in [6.07, 6.45) is 0.190. The van der Waals surface area contributed by atoms with Crippen molar-refractivity contribution in [1.29, 1.82) is 0 Å². The van der Waals surface area contributed by atoms with Gasteiger partial charge in [-0.2, -0.15) is 0 Å². The summed E-state index contributed by atoms with van der Waals surface area (Å²) in [5.74, 6) is -3.85. The average molecular weight is 520 g/mol. The Hall–Kier alpha value is -3.41. The van der Waals surface area contributed by atoms with Crippen LogP contribution in [0.5, 0.6) is 0 Å². The van der Waals surface area contributed by atoms with Crippen LogP contribution in [0, 0.1) is 5.92 Å². The number of aliphatic hydroxyl groups excluding tert-OH is 1. The molecule has 1 saturated heterocycles. The molecule has 0 unspecified atom stereocenters. The van der Waals surface area contributed by atoms with E-state index in [-0.39, 0.29) is 32.0 Å². The number of cyclic esters (lactones) is 1. The number of ether oxygens (including phenoxy) is 4. The van der Waals surface area contributed by atoms with Crippen molar-refractivity contribution in [2.75, 3.05) is 39.6 Å². The number of benzene rings is 1. The molecule has 2 rings (SSSR count). The van der Waals surface area contributed by atoms with Crippen LogP contribution in [0.3, 0.4) is 0 Å². The second-order valence-electron chi connectivity index (χ2n) is 8.28. The standard InChI is InChI=1S/C26H33NO10/c1-18(25(32)27-22(17-36-26(27)33)20-7-4-3-5-8-20)24(37-19(2)29)23(31)11-10-21(30)9-6-13-34-15-16-35-14-12-28/h3-5,7-8,10-11,18,22,24,28H,6,9,12-17H2,1-2H3/t18-,22+,24-/m1/s1. The molecule has 1 aliphatic rings. The van der Waals surface area contributed by atoms with Gasteiger partial charge < -0.3 is 24.1 Å². The van der Waals surface area contributed by atoms with Gasteiger partial charge in [-0.15, -0.1) is 0 Å². The fraction of sp³-hybridized carbons (Fsp3) is 0.500. The zero-order valence-corrected chi connectivity index (χ0v) is 21.0.